The maximum Gasteiger partial charge on any atom is 0.268 e. The molecule has 2 amide bonds. The van der Waals surface area contributed by atoms with Crippen molar-refractivity contribution in [2.75, 3.05) is 0 Å². The number of nitrogens with one attached hydrogen (secondary N) is 2. The second kappa shape index (κ2) is 12.4. The summed E-state index contributed by atoms with van der Waals surface area (Å²) in [4.78, 5) is 30.8. The molecule has 3 aromatic carbocycles. The minimum absolute atomic E-state index is 0.0182. The quantitative estimate of drug-likeness (QED) is 0.214. The second-order valence-electron chi connectivity index (χ2n) is 8.76. The Morgan fingerprint density at radius 2 is 1.65 bits per heavy atom. The smallest absolute Gasteiger partial charge is 0.268 e. The van der Waals surface area contributed by atoms with E-state index in [-0.39, 0.29) is 22.8 Å². The summed E-state index contributed by atoms with van der Waals surface area (Å²) in [5, 5.41) is 11.0. The molecule has 0 saturated carbocycles. The highest BCUT2D eigenvalue weighted by atomic mass is 35.5. The number of para-hydroxylation sites is 1. The lowest BCUT2D eigenvalue weighted by Gasteiger charge is -2.12. The minimum atomic E-state index is -0.554. The Morgan fingerprint density at radius 3 is 2.35 bits per heavy atom. The first-order valence-corrected chi connectivity index (χ1v) is 13.1. The zero-order chi connectivity index (χ0) is 27.9. The van der Waals surface area contributed by atoms with E-state index in [1.165, 1.54) is 12.1 Å². The Bertz CT molecular complexity index is 1670. The number of hydrogen-bond acceptors (Lipinski definition) is 4. The number of rotatable bonds is 8. The number of halogens is 2. The van der Waals surface area contributed by atoms with Gasteiger partial charge in [-0.25, -0.2) is 4.68 Å². The highest BCUT2D eigenvalue weighted by Gasteiger charge is 2.19. The standard InChI is InChI=1S/C31H23Cl2N5O2/c32-24-13-14-26(27(33)17-24)30(39)36-28(31(40)35-19-21-8-7-15-34-18-21)16-23-20-38(25-11-5-2-6-12-25)37-29(23)22-9-3-1-4-10-22/h1-18,20H,19H2,(H,35,40)(H,36,39). The molecule has 0 aliphatic carbocycles. The van der Waals surface area contributed by atoms with Crippen molar-refractivity contribution in [1.29, 1.82) is 0 Å². The fourth-order valence-corrected chi connectivity index (χ4v) is 4.48. The van der Waals surface area contributed by atoms with Crippen molar-refractivity contribution >= 4 is 41.1 Å². The molecule has 0 aliphatic heterocycles. The van der Waals surface area contributed by atoms with Gasteiger partial charge < -0.3 is 10.6 Å². The van der Waals surface area contributed by atoms with Crippen LogP contribution in [-0.4, -0.2) is 26.6 Å². The molecule has 0 spiro atoms. The van der Waals surface area contributed by atoms with Crippen LogP contribution in [0.4, 0.5) is 0 Å². The van der Waals surface area contributed by atoms with Crippen LogP contribution in [0.3, 0.4) is 0 Å². The lowest BCUT2D eigenvalue weighted by atomic mass is 10.1. The van der Waals surface area contributed by atoms with E-state index in [0.717, 1.165) is 16.8 Å². The summed E-state index contributed by atoms with van der Waals surface area (Å²) in [6, 6.07) is 27.4. The first-order valence-electron chi connectivity index (χ1n) is 12.3. The maximum atomic E-state index is 13.5. The van der Waals surface area contributed by atoms with Gasteiger partial charge in [-0.1, -0.05) is 77.8 Å². The van der Waals surface area contributed by atoms with E-state index in [1.54, 1.807) is 35.3 Å². The molecule has 2 aromatic heterocycles. The summed E-state index contributed by atoms with van der Waals surface area (Å²) >= 11 is 12.3. The molecule has 5 rings (SSSR count). The largest absolute Gasteiger partial charge is 0.347 e. The topological polar surface area (TPSA) is 88.9 Å². The van der Waals surface area contributed by atoms with Crippen molar-refractivity contribution in [1.82, 2.24) is 25.4 Å². The molecule has 0 fully saturated rings. The third-order valence-electron chi connectivity index (χ3n) is 5.95. The van der Waals surface area contributed by atoms with Gasteiger partial charge in [-0.05, 0) is 48.0 Å². The molecule has 198 valence electrons. The molecule has 0 saturated heterocycles. The summed E-state index contributed by atoms with van der Waals surface area (Å²) in [6.45, 7) is 0.219. The van der Waals surface area contributed by atoms with E-state index < -0.39 is 11.8 Å². The summed E-state index contributed by atoms with van der Waals surface area (Å²) in [7, 11) is 0. The van der Waals surface area contributed by atoms with E-state index in [4.69, 9.17) is 28.3 Å². The van der Waals surface area contributed by atoms with Gasteiger partial charge >= 0.3 is 0 Å². The van der Waals surface area contributed by atoms with Crippen LogP contribution >= 0.6 is 23.2 Å². The number of amides is 2. The SMILES string of the molecule is O=C(NCc1cccnc1)C(=Cc1cn(-c2ccccc2)nc1-c1ccccc1)NC(=O)c1ccc(Cl)cc1Cl. The molecule has 9 heteroatoms. The predicted octanol–water partition coefficient (Wildman–Crippen LogP) is 6.33. The number of hydrogen-bond donors (Lipinski definition) is 2. The van der Waals surface area contributed by atoms with Crippen molar-refractivity contribution in [3.63, 3.8) is 0 Å². The highest BCUT2D eigenvalue weighted by Crippen LogP contribution is 2.26. The monoisotopic (exact) mass is 567 g/mol. The average molecular weight is 568 g/mol. The molecule has 0 atom stereocenters. The molecule has 0 bridgehead atoms. The molecule has 7 nitrogen and oxygen atoms in total. The minimum Gasteiger partial charge on any atom is -0.347 e. The summed E-state index contributed by atoms with van der Waals surface area (Å²) in [6.07, 6.45) is 6.73. The third kappa shape index (κ3) is 6.46. The number of carbonyl (C=O) groups excluding carboxylic acids is 2. The van der Waals surface area contributed by atoms with Gasteiger partial charge in [0.15, 0.2) is 0 Å². The van der Waals surface area contributed by atoms with Gasteiger partial charge in [0.1, 0.15) is 11.4 Å². The molecule has 0 radical (unpaired) electrons. The van der Waals surface area contributed by atoms with Crippen LogP contribution in [-0.2, 0) is 11.3 Å². The Morgan fingerprint density at radius 1 is 0.900 bits per heavy atom. The summed E-state index contributed by atoms with van der Waals surface area (Å²) < 4.78 is 1.73. The lowest BCUT2D eigenvalue weighted by Crippen LogP contribution is -2.34. The zero-order valence-corrected chi connectivity index (χ0v) is 22.6. The van der Waals surface area contributed by atoms with Gasteiger partial charge in [-0.15, -0.1) is 0 Å². The Kier molecular flexibility index (Phi) is 8.35. The number of carbonyl (C=O) groups is 2. The van der Waals surface area contributed by atoms with Crippen molar-refractivity contribution in [3.05, 3.63) is 142 Å². The molecular weight excluding hydrogens is 545 g/mol. The van der Waals surface area contributed by atoms with Gasteiger partial charge in [0.25, 0.3) is 11.8 Å². The molecular formula is C31H23Cl2N5O2. The van der Waals surface area contributed by atoms with Crippen LogP contribution in [0.2, 0.25) is 10.0 Å². The maximum absolute atomic E-state index is 13.5. The molecule has 2 heterocycles. The second-order valence-corrected chi connectivity index (χ2v) is 9.60. The summed E-state index contributed by atoms with van der Waals surface area (Å²) in [5.41, 5.74) is 3.98. The van der Waals surface area contributed by atoms with Crippen LogP contribution in [0, 0.1) is 0 Å². The first-order chi connectivity index (χ1) is 19.5. The van der Waals surface area contributed by atoms with E-state index in [9.17, 15) is 9.59 Å². The molecule has 40 heavy (non-hydrogen) atoms. The number of nitrogens with zero attached hydrogens (tertiary/aromatic N) is 3. The number of benzene rings is 3. The first kappa shape index (κ1) is 26.9. The van der Waals surface area contributed by atoms with Crippen LogP contribution < -0.4 is 10.6 Å². The zero-order valence-electron chi connectivity index (χ0n) is 21.1. The molecule has 0 aliphatic rings. The van der Waals surface area contributed by atoms with Gasteiger partial charge in [0.2, 0.25) is 0 Å². The fraction of sp³-hybridized carbons (Fsp3) is 0.0323. The van der Waals surface area contributed by atoms with E-state index >= 15 is 0 Å². The van der Waals surface area contributed by atoms with Crippen LogP contribution in [0.5, 0.6) is 0 Å². The average Bonchev–Trinajstić information content (AvgIpc) is 3.41. The lowest BCUT2D eigenvalue weighted by molar-refractivity contribution is -0.117. The van der Waals surface area contributed by atoms with Crippen molar-refractivity contribution < 1.29 is 9.59 Å². The molecule has 2 N–H and O–H groups in total. The molecule has 5 aromatic rings. The van der Waals surface area contributed by atoms with E-state index in [1.807, 2.05) is 72.9 Å². The van der Waals surface area contributed by atoms with Gasteiger partial charge in [-0.2, -0.15) is 5.10 Å². The van der Waals surface area contributed by atoms with Gasteiger partial charge in [0, 0.05) is 41.3 Å². The highest BCUT2D eigenvalue weighted by molar-refractivity contribution is 6.36. The van der Waals surface area contributed by atoms with Crippen LogP contribution in [0.25, 0.3) is 23.0 Å². The predicted molar refractivity (Wildman–Crippen MR) is 157 cm³/mol. The van der Waals surface area contributed by atoms with Crippen molar-refractivity contribution in [3.8, 4) is 16.9 Å². The van der Waals surface area contributed by atoms with Gasteiger partial charge in [0.05, 0.1) is 16.3 Å². The van der Waals surface area contributed by atoms with Gasteiger partial charge in [-0.3, -0.25) is 14.6 Å². The van der Waals surface area contributed by atoms with E-state index in [2.05, 4.69) is 15.6 Å². The molecule has 0 unspecified atom stereocenters. The summed E-state index contributed by atoms with van der Waals surface area (Å²) in [5.74, 6) is -1.05. The Hall–Kier alpha value is -4.72. The van der Waals surface area contributed by atoms with E-state index in [0.29, 0.717) is 16.3 Å². The fourth-order valence-electron chi connectivity index (χ4n) is 3.98. The van der Waals surface area contributed by atoms with Crippen LogP contribution in [0.15, 0.2) is 115 Å². The Balaban J connectivity index is 1.55. The third-order valence-corrected chi connectivity index (χ3v) is 6.50. The van der Waals surface area contributed by atoms with Crippen molar-refractivity contribution in [2.24, 2.45) is 0 Å². The Labute approximate surface area is 241 Å². The van der Waals surface area contributed by atoms with Crippen LogP contribution in [0.1, 0.15) is 21.5 Å². The number of aromatic nitrogens is 3. The number of pyridine rings is 1. The van der Waals surface area contributed by atoms with Crippen molar-refractivity contribution in [2.45, 2.75) is 6.54 Å². The normalized spacial score (nSPS) is 11.2.